The second-order valence-corrected chi connectivity index (χ2v) is 5.49. The van der Waals surface area contributed by atoms with E-state index in [-0.39, 0.29) is 10.6 Å². The van der Waals surface area contributed by atoms with E-state index in [1.165, 1.54) is 12.1 Å². The first-order valence-electron chi connectivity index (χ1n) is 7.41. The van der Waals surface area contributed by atoms with Gasteiger partial charge in [0.15, 0.2) is 6.61 Å². The van der Waals surface area contributed by atoms with Crippen LogP contribution in [0.25, 0.3) is 0 Å². The third-order valence-corrected chi connectivity index (χ3v) is 3.62. The molecule has 0 aliphatic rings. The minimum atomic E-state index is -0.970. The lowest BCUT2D eigenvalue weighted by molar-refractivity contribution is -0.385. The Balaban J connectivity index is 2.03. The number of amides is 1. The molecule has 0 saturated carbocycles. The molecule has 0 unspecified atom stereocenters. The predicted octanol–water partition coefficient (Wildman–Crippen LogP) is 3.61. The van der Waals surface area contributed by atoms with Gasteiger partial charge in [-0.25, -0.2) is 4.79 Å². The zero-order valence-electron chi connectivity index (χ0n) is 13.3. The topological polar surface area (TPSA) is 98.5 Å². The second-order valence-electron chi connectivity index (χ2n) is 5.05. The summed E-state index contributed by atoms with van der Waals surface area (Å²) in [7, 11) is 0. The lowest BCUT2D eigenvalue weighted by Crippen LogP contribution is -2.21. The summed E-state index contributed by atoms with van der Waals surface area (Å²) in [6.45, 7) is 1.39. The fraction of sp³-hybridized carbons (Fsp3) is 0.176. The van der Waals surface area contributed by atoms with E-state index in [1.54, 1.807) is 12.1 Å². The fourth-order valence-electron chi connectivity index (χ4n) is 2.17. The van der Waals surface area contributed by atoms with E-state index < -0.39 is 29.1 Å². The number of nitro groups is 1. The normalized spacial score (nSPS) is 10.2. The van der Waals surface area contributed by atoms with Crippen LogP contribution in [0.3, 0.4) is 0 Å². The molecule has 0 radical (unpaired) electrons. The van der Waals surface area contributed by atoms with Crippen molar-refractivity contribution in [3.05, 3.63) is 68.7 Å². The minimum absolute atomic E-state index is 0.122. The standard InChI is InChI=1S/C17H15ClN2O5/c1-2-11-5-3-4-6-14(11)19-16(21)10-25-17(22)13-8-7-12(18)9-15(13)20(23)24/h3-9H,2,10H2,1H3,(H,19,21). The molecule has 0 aliphatic carbocycles. The van der Waals surface area contributed by atoms with Gasteiger partial charge in [-0.3, -0.25) is 14.9 Å². The molecule has 0 spiro atoms. The maximum Gasteiger partial charge on any atom is 0.345 e. The molecule has 8 heteroatoms. The van der Waals surface area contributed by atoms with Crippen molar-refractivity contribution in [2.45, 2.75) is 13.3 Å². The Kier molecular flexibility index (Phi) is 6.08. The molecule has 130 valence electrons. The highest BCUT2D eigenvalue weighted by molar-refractivity contribution is 6.31. The molecule has 0 fully saturated rings. The van der Waals surface area contributed by atoms with Gasteiger partial charge in [-0.1, -0.05) is 36.7 Å². The lowest BCUT2D eigenvalue weighted by Gasteiger charge is -2.10. The van der Waals surface area contributed by atoms with Gasteiger partial charge in [0.25, 0.3) is 11.6 Å². The number of hydrogen-bond donors (Lipinski definition) is 1. The number of halogens is 1. The van der Waals surface area contributed by atoms with Crippen LogP contribution in [0.2, 0.25) is 5.02 Å². The highest BCUT2D eigenvalue weighted by Gasteiger charge is 2.22. The number of carbonyl (C=O) groups is 2. The molecule has 2 rings (SSSR count). The molecule has 0 bridgehead atoms. The van der Waals surface area contributed by atoms with Crippen molar-refractivity contribution in [1.29, 1.82) is 0 Å². The Morgan fingerprint density at radius 3 is 2.64 bits per heavy atom. The monoisotopic (exact) mass is 362 g/mol. The van der Waals surface area contributed by atoms with E-state index >= 15 is 0 Å². The van der Waals surface area contributed by atoms with Crippen LogP contribution in [0.1, 0.15) is 22.8 Å². The summed E-state index contributed by atoms with van der Waals surface area (Å²) in [5, 5.41) is 13.8. The Morgan fingerprint density at radius 1 is 1.24 bits per heavy atom. The summed E-state index contributed by atoms with van der Waals surface area (Å²) in [6, 6.07) is 10.8. The predicted molar refractivity (Wildman–Crippen MR) is 92.8 cm³/mol. The van der Waals surface area contributed by atoms with Gasteiger partial charge in [-0.15, -0.1) is 0 Å². The Hall–Kier alpha value is -2.93. The minimum Gasteiger partial charge on any atom is -0.452 e. The van der Waals surface area contributed by atoms with E-state index in [9.17, 15) is 19.7 Å². The second kappa shape index (κ2) is 8.25. The van der Waals surface area contributed by atoms with E-state index in [4.69, 9.17) is 16.3 Å². The largest absolute Gasteiger partial charge is 0.452 e. The molecule has 0 atom stereocenters. The molecule has 1 amide bonds. The van der Waals surface area contributed by atoms with E-state index in [2.05, 4.69) is 5.32 Å². The molecule has 0 saturated heterocycles. The number of para-hydroxylation sites is 1. The summed E-state index contributed by atoms with van der Waals surface area (Å²) in [4.78, 5) is 34.2. The zero-order valence-corrected chi connectivity index (χ0v) is 14.1. The van der Waals surface area contributed by atoms with Crippen LogP contribution >= 0.6 is 11.6 Å². The average molecular weight is 363 g/mol. The Labute approximate surface area is 148 Å². The summed E-state index contributed by atoms with van der Waals surface area (Å²) in [5.41, 5.74) is 0.824. The van der Waals surface area contributed by atoms with Crippen LogP contribution in [0.15, 0.2) is 42.5 Å². The molecular weight excluding hydrogens is 348 g/mol. The van der Waals surface area contributed by atoms with Crippen LogP contribution in [-0.4, -0.2) is 23.4 Å². The smallest absolute Gasteiger partial charge is 0.345 e. The molecule has 0 aliphatic heterocycles. The summed E-state index contributed by atoms with van der Waals surface area (Å²) >= 11 is 5.69. The van der Waals surface area contributed by atoms with Crippen molar-refractivity contribution in [2.24, 2.45) is 0 Å². The molecule has 2 aromatic carbocycles. The van der Waals surface area contributed by atoms with E-state index in [1.807, 2.05) is 19.1 Å². The maximum absolute atomic E-state index is 12.0. The van der Waals surface area contributed by atoms with Crippen LogP contribution in [0.4, 0.5) is 11.4 Å². The number of aryl methyl sites for hydroxylation is 1. The average Bonchev–Trinajstić information content (AvgIpc) is 2.60. The number of nitrogens with zero attached hydrogens (tertiary/aromatic N) is 1. The number of benzene rings is 2. The highest BCUT2D eigenvalue weighted by Crippen LogP contribution is 2.24. The molecule has 25 heavy (non-hydrogen) atoms. The van der Waals surface area contributed by atoms with Crippen molar-refractivity contribution in [3.63, 3.8) is 0 Å². The molecule has 2 aromatic rings. The van der Waals surface area contributed by atoms with Gasteiger partial charge in [-0.05, 0) is 30.2 Å². The summed E-state index contributed by atoms with van der Waals surface area (Å²) in [6.07, 6.45) is 0.729. The van der Waals surface area contributed by atoms with Gasteiger partial charge in [0, 0.05) is 16.8 Å². The van der Waals surface area contributed by atoms with Crippen LogP contribution in [-0.2, 0) is 16.0 Å². The quantitative estimate of drug-likeness (QED) is 0.481. The van der Waals surface area contributed by atoms with Crippen molar-refractivity contribution in [1.82, 2.24) is 0 Å². The van der Waals surface area contributed by atoms with Crippen molar-refractivity contribution in [2.75, 3.05) is 11.9 Å². The molecule has 1 N–H and O–H groups in total. The third-order valence-electron chi connectivity index (χ3n) is 3.38. The molecule has 0 aromatic heterocycles. The van der Waals surface area contributed by atoms with Gasteiger partial charge < -0.3 is 10.1 Å². The first kappa shape index (κ1) is 18.4. The number of anilines is 1. The molecule has 7 nitrogen and oxygen atoms in total. The number of nitrogens with one attached hydrogen (secondary N) is 1. The number of rotatable bonds is 6. The van der Waals surface area contributed by atoms with Crippen molar-refractivity contribution >= 4 is 34.9 Å². The van der Waals surface area contributed by atoms with Crippen LogP contribution < -0.4 is 5.32 Å². The van der Waals surface area contributed by atoms with Crippen molar-refractivity contribution in [3.8, 4) is 0 Å². The van der Waals surface area contributed by atoms with Crippen molar-refractivity contribution < 1.29 is 19.2 Å². The molecule has 0 heterocycles. The van der Waals surface area contributed by atoms with Crippen LogP contribution in [0, 0.1) is 10.1 Å². The van der Waals surface area contributed by atoms with Gasteiger partial charge >= 0.3 is 5.97 Å². The maximum atomic E-state index is 12.0. The summed E-state index contributed by atoms with van der Waals surface area (Å²) < 4.78 is 4.87. The Bertz CT molecular complexity index is 822. The van der Waals surface area contributed by atoms with E-state index in [0.717, 1.165) is 18.1 Å². The van der Waals surface area contributed by atoms with E-state index in [0.29, 0.717) is 5.69 Å². The summed E-state index contributed by atoms with van der Waals surface area (Å²) in [5.74, 6) is -1.51. The van der Waals surface area contributed by atoms with Gasteiger partial charge in [-0.2, -0.15) is 0 Å². The number of nitro benzene ring substituents is 1. The van der Waals surface area contributed by atoms with Gasteiger partial charge in [0.05, 0.1) is 4.92 Å². The van der Waals surface area contributed by atoms with Gasteiger partial charge in [0.1, 0.15) is 5.56 Å². The third kappa shape index (κ3) is 4.77. The van der Waals surface area contributed by atoms with Gasteiger partial charge in [0.2, 0.25) is 0 Å². The first-order valence-corrected chi connectivity index (χ1v) is 7.79. The van der Waals surface area contributed by atoms with Crippen LogP contribution in [0.5, 0.6) is 0 Å². The number of ether oxygens (including phenoxy) is 1. The highest BCUT2D eigenvalue weighted by atomic mass is 35.5. The lowest BCUT2D eigenvalue weighted by atomic mass is 10.1. The first-order chi connectivity index (χ1) is 11.9. The Morgan fingerprint density at radius 2 is 1.96 bits per heavy atom. The number of hydrogen-bond acceptors (Lipinski definition) is 5. The zero-order chi connectivity index (χ0) is 18.4. The SMILES string of the molecule is CCc1ccccc1NC(=O)COC(=O)c1ccc(Cl)cc1[N+](=O)[O-]. The number of carbonyl (C=O) groups excluding carboxylic acids is 2. The molecular formula is C17H15ClN2O5. The number of esters is 1. The fourth-order valence-corrected chi connectivity index (χ4v) is 2.34.